The lowest BCUT2D eigenvalue weighted by atomic mass is 10.2. The molecular formula is C16H19FN4O. The zero-order chi connectivity index (χ0) is 15.4. The van der Waals surface area contributed by atoms with Crippen LogP contribution >= 0.6 is 0 Å². The minimum Gasteiger partial charge on any atom is -0.376 e. The molecule has 0 spiro atoms. The van der Waals surface area contributed by atoms with E-state index in [1.165, 1.54) is 12.1 Å². The first kappa shape index (κ1) is 14.7. The van der Waals surface area contributed by atoms with E-state index in [9.17, 15) is 4.39 Å². The second-order valence-corrected chi connectivity index (χ2v) is 5.37. The number of rotatable bonds is 5. The van der Waals surface area contributed by atoms with Crippen molar-refractivity contribution in [2.24, 2.45) is 0 Å². The van der Waals surface area contributed by atoms with Crippen molar-refractivity contribution in [2.45, 2.75) is 25.9 Å². The maximum absolute atomic E-state index is 13.2. The van der Waals surface area contributed by atoms with Crippen molar-refractivity contribution in [3.63, 3.8) is 0 Å². The van der Waals surface area contributed by atoms with Crippen LogP contribution in [-0.2, 0) is 4.74 Å². The van der Waals surface area contributed by atoms with Crippen molar-refractivity contribution in [3.05, 3.63) is 41.8 Å². The highest BCUT2D eigenvalue weighted by atomic mass is 19.1. The van der Waals surface area contributed by atoms with Crippen LogP contribution in [0.1, 0.15) is 18.5 Å². The molecule has 116 valence electrons. The van der Waals surface area contributed by atoms with Gasteiger partial charge in [-0.15, -0.1) is 0 Å². The van der Waals surface area contributed by atoms with E-state index in [-0.39, 0.29) is 11.9 Å². The number of ether oxygens (including phenoxy) is 1. The van der Waals surface area contributed by atoms with Gasteiger partial charge in [0, 0.05) is 30.6 Å². The Balaban J connectivity index is 1.68. The first-order chi connectivity index (χ1) is 10.7. The van der Waals surface area contributed by atoms with Crippen molar-refractivity contribution < 1.29 is 9.13 Å². The molecule has 1 atom stereocenters. The molecular weight excluding hydrogens is 283 g/mol. The largest absolute Gasteiger partial charge is 0.376 e. The molecule has 6 heteroatoms. The maximum atomic E-state index is 13.2. The van der Waals surface area contributed by atoms with Gasteiger partial charge in [-0.1, -0.05) is 6.07 Å². The van der Waals surface area contributed by atoms with E-state index >= 15 is 0 Å². The molecule has 1 aliphatic rings. The molecule has 2 N–H and O–H groups in total. The van der Waals surface area contributed by atoms with Crippen molar-refractivity contribution >= 4 is 17.5 Å². The molecule has 0 aliphatic carbocycles. The van der Waals surface area contributed by atoms with Gasteiger partial charge in [-0.25, -0.2) is 9.37 Å². The minimum atomic E-state index is -0.297. The Kier molecular flexibility index (Phi) is 4.48. The maximum Gasteiger partial charge on any atom is 0.229 e. The van der Waals surface area contributed by atoms with Crippen LogP contribution in [0.25, 0.3) is 0 Å². The zero-order valence-corrected chi connectivity index (χ0v) is 12.5. The van der Waals surface area contributed by atoms with Crippen LogP contribution in [0.5, 0.6) is 0 Å². The van der Waals surface area contributed by atoms with Crippen molar-refractivity contribution in [1.29, 1.82) is 0 Å². The van der Waals surface area contributed by atoms with Crippen LogP contribution in [0.4, 0.5) is 21.8 Å². The van der Waals surface area contributed by atoms with Crippen LogP contribution in [0.2, 0.25) is 0 Å². The van der Waals surface area contributed by atoms with Gasteiger partial charge in [-0.2, -0.15) is 4.98 Å². The Morgan fingerprint density at radius 3 is 3.00 bits per heavy atom. The normalized spacial score (nSPS) is 17.5. The molecule has 0 bridgehead atoms. The Morgan fingerprint density at radius 2 is 2.23 bits per heavy atom. The standard InChI is InChI=1S/C16H19FN4O/c1-11-8-15(18-10-14-6-3-7-22-14)21-16(19-11)20-13-5-2-4-12(17)9-13/h2,4-5,8-9,14H,3,6-7,10H2,1H3,(H2,18,19,20,21). The summed E-state index contributed by atoms with van der Waals surface area (Å²) in [6, 6.07) is 8.10. The molecule has 1 unspecified atom stereocenters. The Morgan fingerprint density at radius 1 is 1.32 bits per heavy atom. The summed E-state index contributed by atoms with van der Waals surface area (Å²) in [6.07, 6.45) is 2.43. The van der Waals surface area contributed by atoms with Gasteiger partial charge < -0.3 is 15.4 Å². The van der Waals surface area contributed by atoms with Crippen LogP contribution in [0.3, 0.4) is 0 Å². The molecule has 0 radical (unpaired) electrons. The average Bonchev–Trinajstić information content (AvgIpc) is 2.98. The summed E-state index contributed by atoms with van der Waals surface area (Å²) < 4.78 is 18.8. The fourth-order valence-corrected chi connectivity index (χ4v) is 2.43. The highest BCUT2D eigenvalue weighted by Crippen LogP contribution is 2.18. The van der Waals surface area contributed by atoms with Gasteiger partial charge in [0.15, 0.2) is 0 Å². The Labute approximate surface area is 128 Å². The molecule has 2 heterocycles. The summed E-state index contributed by atoms with van der Waals surface area (Å²) >= 11 is 0. The second kappa shape index (κ2) is 6.70. The third-order valence-electron chi connectivity index (χ3n) is 3.47. The van der Waals surface area contributed by atoms with E-state index in [4.69, 9.17) is 4.74 Å². The van der Waals surface area contributed by atoms with E-state index in [1.807, 2.05) is 13.0 Å². The number of nitrogens with zero attached hydrogens (tertiary/aromatic N) is 2. The monoisotopic (exact) mass is 302 g/mol. The number of hydrogen-bond donors (Lipinski definition) is 2. The predicted molar refractivity (Wildman–Crippen MR) is 83.9 cm³/mol. The van der Waals surface area contributed by atoms with Crippen molar-refractivity contribution in [2.75, 3.05) is 23.8 Å². The van der Waals surface area contributed by atoms with Gasteiger partial charge in [-0.3, -0.25) is 0 Å². The molecule has 1 aromatic carbocycles. The first-order valence-electron chi connectivity index (χ1n) is 7.43. The van der Waals surface area contributed by atoms with Gasteiger partial charge in [0.1, 0.15) is 11.6 Å². The number of aromatic nitrogens is 2. The summed E-state index contributed by atoms with van der Waals surface area (Å²) in [4.78, 5) is 8.73. The summed E-state index contributed by atoms with van der Waals surface area (Å²) in [5.41, 5.74) is 1.46. The van der Waals surface area contributed by atoms with E-state index in [0.717, 1.165) is 37.5 Å². The third kappa shape index (κ3) is 3.92. The van der Waals surface area contributed by atoms with Gasteiger partial charge in [0.25, 0.3) is 0 Å². The van der Waals surface area contributed by atoms with E-state index in [1.54, 1.807) is 12.1 Å². The van der Waals surface area contributed by atoms with Gasteiger partial charge in [0.05, 0.1) is 6.10 Å². The number of halogens is 1. The average molecular weight is 302 g/mol. The Hall–Kier alpha value is -2.21. The molecule has 1 aromatic heterocycles. The molecule has 0 amide bonds. The van der Waals surface area contributed by atoms with Crippen LogP contribution in [0, 0.1) is 12.7 Å². The summed E-state index contributed by atoms with van der Waals surface area (Å²) in [5, 5.41) is 6.30. The molecule has 1 saturated heterocycles. The lowest BCUT2D eigenvalue weighted by Crippen LogP contribution is -2.19. The number of benzene rings is 1. The molecule has 2 aromatic rings. The third-order valence-corrected chi connectivity index (χ3v) is 3.47. The molecule has 22 heavy (non-hydrogen) atoms. The molecule has 1 aliphatic heterocycles. The lowest BCUT2D eigenvalue weighted by molar-refractivity contribution is 0.120. The fraction of sp³-hybridized carbons (Fsp3) is 0.375. The number of hydrogen-bond acceptors (Lipinski definition) is 5. The number of anilines is 3. The quantitative estimate of drug-likeness (QED) is 0.888. The van der Waals surface area contributed by atoms with Gasteiger partial charge >= 0.3 is 0 Å². The smallest absolute Gasteiger partial charge is 0.229 e. The predicted octanol–water partition coefficient (Wildman–Crippen LogP) is 3.26. The van der Waals surface area contributed by atoms with Crippen LogP contribution in [-0.4, -0.2) is 29.2 Å². The van der Waals surface area contributed by atoms with Crippen LogP contribution < -0.4 is 10.6 Å². The summed E-state index contributed by atoms with van der Waals surface area (Å²) in [5.74, 6) is 0.886. The Bertz CT molecular complexity index is 644. The van der Waals surface area contributed by atoms with Crippen molar-refractivity contribution in [3.8, 4) is 0 Å². The summed E-state index contributed by atoms with van der Waals surface area (Å²) in [6.45, 7) is 3.47. The molecule has 1 fully saturated rings. The molecule has 0 saturated carbocycles. The van der Waals surface area contributed by atoms with E-state index in [2.05, 4.69) is 20.6 Å². The highest BCUT2D eigenvalue weighted by molar-refractivity contribution is 5.55. The summed E-state index contributed by atoms with van der Waals surface area (Å²) in [7, 11) is 0. The first-order valence-corrected chi connectivity index (χ1v) is 7.43. The topological polar surface area (TPSA) is 59.1 Å². The zero-order valence-electron chi connectivity index (χ0n) is 12.5. The molecule has 5 nitrogen and oxygen atoms in total. The van der Waals surface area contributed by atoms with E-state index < -0.39 is 0 Å². The molecule has 3 rings (SSSR count). The van der Waals surface area contributed by atoms with E-state index in [0.29, 0.717) is 11.6 Å². The van der Waals surface area contributed by atoms with Gasteiger partial charge in [-0.05, 0) is 38.0 Å². The number of nitrogens with one attached hydrogen (secondary N) is 2. The minimum absolute atomic E-state index is 0.245. The number of aryl methyl sites for hydroxylation is 1. The van der Waals surface area contributed by atoms with Crippen molar-refractivity contribution in [1.82, 2.24) is 9.97 Å². The second-order valence-electron chi connectivity index (χ2n) is 5.37. The fourth-order valence-electron chi connectivity index (χ4n) is 2.43. The lowest BCUT2D eigenvalue weighted by Gasteiger charge is -2.13. The highest BCUT2D eigenvalue weighted by Gasteiger charge is 2.15. The SMILES string of the molecule is Cc1cc(NCC2CCCO2)nc(Nc2cccc(F)c2)n1. The van der Waals surface area contributed by atoms with Crippen LogP contribution in [0.15, 0.2) is 30.3 Å². The van der Waals surface area contributed by atoms with Gasteiger partial charge in [0.2, 0.25) is 5.95 Å².